The van der Waals surface area contributed by atoms with Crippen LogP contribution in [0.4, 0.5) is 0 Å². The van der Waals surface area contributed by atoms with Gasteiger partial charge < -0.3 is 16.0 Å². The molecule has 0 aliphatic carbocycles. The largest absolute Gasteiger partial charge is 0.342 e. The van der Waals surface area contributed by atoms with Crippen molar-refractivity contribution in [1.82, 2.24) is 15.3 Å². The van der Waals surface area contributed by atoms with Gasteiger partial charge in [0.2, 0.25) is 0 Å². The number of fused-ring (bicyclic) bond motifs is 1. The van der Waals surface area contributed by atoms with Gasteiger partial charge in [-0.15, -0.1) is 0 Å². The van der Waals surface area contributed by atoms with Gasteiger partial charge in [0.05, 0.1) is 11.0 Å². The van der Waals surface area contributed by atoms with Gasteiger partial charge in [-0.1, -0.05) is 19.9 Å². The lowest BCUT2D eigenvalue weighted by Gasteiger charge is -2.22. The van der Waals surface area contributed by atoms with Crippen LogP contribution in [0.3, 0.4) is 0 Å². The summed E-state index contributed by atoms with van der Waals surface area (Å²) in [7, 11) is 0. The highest BCUT2D eigenvalue weighted by Gasteiger charge is 2.14. The summed E-state index contributed by atoms with van der Waals surface area (Å²) in [6.07, 6.45) is 1.02. The van der Waals surface area contributed by atoms with E-state index in [1.807, 2.05) is 6.92 Å². The third kappa shape index (κ3) is 3.78. The van der Waals surface area contributed by atoms with Crippen molar-refractivity contribution in [2.24, 2.45) is 11.1 Å². The highest BCUT2D eigenvalue weighted by Crippen LogP contribution is 2.14. The third-order valence-corrected chi connectivity index (χ3v) is 3.41. The van der Waals surface area contributed by atoms with E-state index in [4.69, 9.17) is 5.73 Å². The van der Waals surface area contributed by atoms with Gasteiger partial charge in [-0.05, 0) is 49.5 Å². The van der Waals surface area contributed by atoms with Crippen LogP contribution in [0.5, 0.6) is 0 Å². The summed E-state index contributed by atoms with van der Waals surface area (Å²) >= 11 is 0. The molecule has 0 radical (unpaired) electrons. The van der Waals surface area contributed by atoms with Gasteiger partial charge in [-0.25, -0.2) is 4.98 Å². The first-order valence-corrected chi connectivity index (χ1v) is 6.86. The number of H-pyrrole nitrogens is 1. The fourth-order valence-electron chi connectivity index (χ4n) is 2.07. The van der Waals surface area contributed by atoms with E-state index in [-0.39, 0.29) is 5.41 Å². The number of hydrogen-bond donors (Lipinski definition) is 3. The standard InChI is InChI=1S/C15H24N4/c1-11-18-13-5-4-12(8-14(13)19-11)6-7-17-10-15(2,3)9-16/h4-5,8,17H,6-7,9-10,16H2,1-3H3,(H,18,19). The first-order chi connectivity index (χ1) is 9.00. The third-order valence-electron chi connectivity index (χ3n) is 3.41. The number of aromatic nitrogens is 2. The van der Waals surface area contributed by atoms with E-state index in [0.717, 1.165) is 36.4 Å². The molecule has 1 heterocycles. The van der Waals surface area contributed by atoms with Crippen LogP contribution >= 0.6 is 0 Å². The van der Waals surface area contributed by atoms with Gasteiger partial charge >= 0.3 is 0 Å². The minimum Gasteiger partial charge on any atom is -0.342 e. The number of benzene rings is 1. The second-order valence-corrected chi connectivity index (χ2v) is 5.97. The Morgan fingerprint density at radius 3 is 2.89 bits per heavy atom. The van der Waals surface area contributed by atoms with Crippen LogP contribution in [0, 0.1) is 12.3 Å². The molecule has 19 heavy (non-hydrogen) atoms. The molecule has 0 saturated carbocycles. The molecular weight excluding hydrogens is 236 g/mol. The van der Waals surface area contributed by atoms with Gasteiger partial charge in [0.15, 0.2) is 0 Å². The van der Waals surface area contributed by atoms with Gasteiger partial charge in [-0.3, -0.25) is 0 Å². The van der Waals surface area contributed by atoms with Crippen molar-refractivity contribution in [3.05, 3.63) is 29.6 Å². The molecule has 0 saturated heterocycles. The van der Waals surface area contributed by atoms with E-state index in [1.54, 1.807) is 0 Å². The van der Waals surface area contributed by atoms with Crippen molar-refractivity contribution in [1.29, 1.82) is 0 Å². The maximum absolute atomic E-state index is 5.71. The first kappa shape index (κ1) is 14.0. The molecule has 4 heteroatoms. The maximum atomic E-state index is 5.71. The minimum atomic E-state index is 0.171. The highest BCUT2D eigenvalue weighted by molar-refractivity contribution is 5.75. The summed E-state index contributed by atoms with van der Waals surface area (Å²) in [5.74, 6) is 0.968. The second kappa shape index (κ2) is 5.72. The smallest absolute Gasteiger partial charge is 0.104 e. The Morgan fingerprint density at radius 1 is 1.37 bits per heavy atom. The molecule has 0 spiro atoms. The lowest BCUT2D eigenvalue weighted by molar-refractivity contribution is 0.353. The Balaban J connectivity index is 1.88. The van der Waals surface area contributed by atoms with Crippen LogP contribution in [0.15, 0.2) is 18.2 Å². The molecule has 0 atom stereocenters. The van der Waals surface area contributed by atoms with Crippen molar-refractivity contribution in [2.45, 2.75) is 27.2 Å². The average Bonchev–Trinajstić information content (AvgIpc) is 2.74. The van der Waals surface area contributed by atoms with E-state index in [0.29, 0.717) is 6.54 Å². The topological polar surface area (TPSA) is 66.7 Å². The average molecular weight is 260 g/mol. The molecule has 4 nitrogen and oxygen atoms in total. The summed E-state index contributed by atoms with van der Waals surface area (Å²) in [4.78, 5) is 7.68. The molecule has 0 aliphatic rings. The van der Waals surface area contributed by atoms with Crippen molar-refractivity contribution in [3.63, 3.8) is 0 Å². The van der Waals surface area contributed by atoms with E-state index < -0.39 is 0 Å². The van der Waals surface area contributed by atoms with Crippen LogP contribution < -0.4 is 11.1 Å². The number of rotatable bonds is 6. The molecule has 1 aromatic carbocycles. The molecule has 4 N–H and O–H groups in total. The second-order valence-electron chi connectivity index (χ2n) is 5.97. The number of aromatic amines is 1. The number of nitrogens with one attached hydrogen (secondary N) is 2. The summed E-state index contributed by atoms with van der Waals surface area (Å²) in [5.41, 5.74) is 9.37. The molecule has 0 unspecified atom stereocenters. The van der Waals surface area contributed by atoms with E-state index in [2.05, 4.69) is 47.3 Å². The van der Waals surface area contributed by atoms with E-state index in [1.165, 1.54) is 5.56 Å². The predicted molar refractivity (Wildman–Crippen MR) is 80.2 cm³/mol. The van der Waals surface area contributed by atoms with Gasteiger partial charge in [0.25, 0.3) is 0 Å². The number of nitrogens with two attached hydrogens (primary N) is 1. The SMILES string of the molecule is Cc1nc2ccc(CCNCC(C)(C)CN)cc2[nH]1. The van der Waals surface area contributed by atoms with Gasteiger partial charge in [0.1, 0.15) is 5.82 Å². The summed E-state index contributed by atoms with van der Waals surface area (Å²) < 4.78 is 0. The van der Waals surface area contributed by atoms with E-state index in [9.17, 15) is 0 Å². The predicted octanol–water partition coefficient (Wildman–Crippen LogP) is 1.99. The van der Waals surface area contributed by atoms with Crippen molar-refractivity contribution in [2.75, 3.05) is 19.6 Å². The lowest BCUT2D eigenvalue weighted by Crippen LogP contribution is -2.36. The number of aryl methyl sites for hydroxylation is 1. The molecule has 0 bridgehead atoms. The summed E-state index contributed by atoms with van der Waals surface area (Å²) in [6.45, 7) is 8.98. The Labute approximate surface area is 114 Å². The molecule has 1 aromatic heterocycles. The fraction of sp³-hybridized carbons (Fsp3) is 0.533. The molecular formula is C15H24N4. The van der Waals surface area contributed by atoms with Gasteiger partial charge in [-0.2, -0.15) is 0 Å². The van der Waals surface area contributed by atoms with Crippen molar-refractivity contribution >= 4 is 11.0 Å². The van der Waals surface area contributed by atoms with Crippen LogP contribution in [0.2, 0.25) is 0 Å². The van der Waals surface area contributed by atoms with Crippen LogP contribution in [-0.4, -0.2) is 29.6 Å². The quantitative estimate of drug-likeness (QED) is 0.696. The molecule has 2 rings (SSSR count). The zero-order valence-electron chi connectivity index (χ0n) is 12.1. The molecule has 2 aromatic rings. The number of nitrogens with zero attached hydrogens (tertiary/aromatic N) is 1. The Kier molecular flexibility index (Phi) is 4.22. The minimum absolute atomic E-state index is 0.171. The highest BCUT2D eigenvalue weighted by atomic mass is 14.9. The van der Waals surface area contributed by atoms with Crippen LogP contribution in [0.25, 0.3) is 11.0 Å². The zero-order valence-corrected chi connectivity index (χ0v) is 12.1. The molecule has 104 valence electrons. The van der Waals surface area contributed by atoms with Crippen LogP contribution in [-0.2, 0) is 6.42 Å². The van der Waals surface area contributed by atoms with Crippen LogP contribution in [0.1, 0.15) is 25.2 Å². The Hall–Kier alpha value is -1.39. The number of hydrogen-bond acceptors (Lipinski definition) is 3. The molecule has 0 fully saturated rings. The monoisotopic (exact) mass is 260 g/mol. The number of imidazole rings is 1. The fourth-order valence-corrected chi connectivity index (χ4v) is 2.07. The Bertz CT molecular complexity index is 542. The van der Waals surface area contributed by atoms with Crippen molar-refractivity contribution < 1.29 is 0 Å². The van der Waals surface area contributed by atoms with E-state index >= 15 is 0 Å². The summed E-state index contributed by atoms with van der Waals surface area (Å²) in [5, 5.41) is 3.47. The first-order valence-electron chi connectivity index (χ1n) is 6.86. The zero-order chi connectivity index (χ0) is 13.9. The summed E-state index contributed by atoms with van der Waals surface area (Å²) in [6, 6.07) is 6.42. The maximum Gasteiger partial charge on any atom is 0.104 e. The Morgan fingerprint density at radius 2 is 2.16 bits per heavy atom. The lowest BCUT2D eigenvalue weighted by atomic mass is 9.94. The normalized spacial score (nSPS) is 12.2. The molecule has 0 aliphatic heterocycles. The van der Waals surface area contributed by atoms with Gasteiger partial charge in [0, 0.05) is 6.54 Å². The van der Waals surface area contributed by atoms with Crippen molar-refractivity contribution in [3.8, 4) is 0 Å². The molecule has 0 amide bonds.